The Hall–Kier alpha value is 1.01. The zero-order valence-corrected chi connectivity index (χ0v) is 5.40. The average molecular weight is 106 g/mol. The second kappa shape index (κ2) is 10.1. The fourth-order valence-electron chi connectivity index (χ4n) is 0. The molecule has 0 aromatic carbocycles. The van der Waals surface area contributed by atoms with Crippen molar-refractivity contribution in [3.05, 3.63) is 0 Å². The summed E-state index contributed by atoms with van der Waals surface area (Å²) in [5, 5.41) is 7.65. The normalized spacial score (nSPS) is 5.29. The summed E-state index contributed by atoms with van der Waals surface area (Å²) >= 11 is 3.42. The molecule has 2 radical (unpaired) electrons. The molecule has 0 unspecified atom stereocenters. The molecule has 0 saturated carbocycles. The van der Waals surface area contributed by atoms with Gasteiger partial charge in [-0.25, -0.2) is 0 Å². The minimum Gasteiger partial charge on any atom is -0.481 e. The quantitative estimate of drug-likeness (QED) is 0.340. The van der Waals surface area contributed by atoms with Gasteiger partial charge in [-0.3, -0.25) is 4.79 Å². The first kappa shape index (κ1) is 15.7. The summed E-state index contributed by atoms with van der Waals surface area (Å²) in [5.74, 6) is -0.965. The van der Waals surface area contributed by atoms with E-state index in [4.69, 9.17) is 5.11 Å². The molecule has 0 spiro atoms. The SMILES string of the molecule is O=C(O)CS.[Li].[Li]. The van der Waals surface area contributed by atoms with Gasteiger partial charge in [-0.1, -0.05) is 0 Å². The molecule has 0 aliphatic heterocycles. The van der Waals surface area contributed by atoms with E-state index < -0.39 is 5.97 Å². The Labute approximate surface area is 71.8 Å². The Morgan fingerprint density at radius 2 is 1.71 bits per heavy atom. The van der Waals surface area contributed by atoms with Crippen LogP contribution in [0.25, 0.3) is 0 Å². The molecule has 2 nitrogen and oxygen atoms in total. The van der Waals surface area contributed by atoms with Crippen molar-refractivity contribution in [2.75, 3.05) is 5.75 Å². The summed E-state index contributed by atoms with van der Waals surface area (Å²) in [5.41, 5.74) is 0. The zero-order valence-electron chi connectivity index (χ0n) is 4.51. The van der Waals surface area contributed by atoms with Crippen LogP contribution in [0.2, 0.25) is 0 Å². The van der Waals surface area contributed by atoms with Gasteiger partial charge in [0.2, 0.25) is 0 Å². The molecule has 7 heavy (non-hydrogen) atoms. The third kappa shape index (κ3) is 19.4. The first-order valence-electron chi connectivity index (χ1n) is 1.10. The molecule has 32 valence electrons. The maximum Gasteiger partial charge on any atom is 0.313 e. The van der Waals surface area contributed by atoms with Gasteiger partial charge in [0.05, 0.1) is 5.75 Å². The van der Waals surface area contributed by atoms with Gasteiger partial charge in [0.15, 0.2) is 0 Å². The molecule has 0 atom stereocenters. The van der Waals surface area contributed by atoms with E-state index in [0.717, 1.165) is 0 Å². The van der Waals surface area contributed by atoms with Gasteiger partial charge in [0.1, 0.15) is 0 Å². The monoisotopic (exact) mass is 106 g/mol. The number of carboxylic acids is 1. The van der Waals surface area contributed by atoms with Gasteiger partial charge < -0.3 is 5.11 Å². The predicted molar refractivity (Wildman–Crippen MR) is 33.0 cm³/mol. The Morgan fingerprint density at radius 3 is 1.71 bits per heavy atom. The molecule has 0 saturated heterocycles. The van der Waals surface area contributed by atoms with Gasteiger partial charge in [0, 0.05) is 37.7 Å². The second-order valence-corrected chi connectivity index (χ2v) is 0.868. The fourth-order valence-corrected chi connectivity index (χ4v) is 0. The average Bonchev–Trinajstić information content (AvgIpc) is 1.38. The molecule has 0 amide bonds. The maximum absolute atomic E-state index is 9.29. The third-order valence-corrected chi connectivity index (χ3v) is 0.406. The van der Waals surface area contributed by atoms with Crippen LogP contribution in [0.15, 0.2) is 0 Å². The summed E-state index contributed by atoms with van der Waals surface area (Å²) < 4.78 is 0. The van der Waals surface area contributed by atoms with Crippen molar-refractivity contribution in [2.24, 2.45) is 0 Å². The van der Waals surface area contributed by atoms with E-state index >= 15 is 0 Å². The summed E-state index contributed by atoms with van der Waals surface area (Å²) in [4.78, 5) is 9.29. The molecular weight excluding hydrogens is 102 g/mol. The van der Waals surface area contributed by atoms with Crippen LogP contribution in [-0.4, -0.2) is 54.5 Å². The van der Waals surface area contributed by atoms with E-state index in [0.29, 0.717) is 0 Å². The number of hydrogen-bond acceptors (Lipinski definition) is 2. The first-order chi connectivity index (χ1) is 2.27. The fraction of sp³-hybridized carbons (Fsp3) is 0.500. The minimum atomic E-state index is -0.881. The Balaban J connectivity index is -0.0000000800. The molecule has 0 bridgehead atoms. The van der Waals surface area contributed by atoms with Crippen molar-refractivity contribution in [3.8, 4) is 0 Å². The molecule has 0 rings (SSSR count). The number of carboxylic acid groups (broad SMARTS) is 1. The van der Waals surface area contributed by atoms with Crippen molar-refractivity contribution in [2.45, 2.75) is 0 Å². The van der Waals surface area contributed by atoms with E-state index in [1.54, 1.807) is 0 Å². The van der Waals surface area contributed by atoms with E-state index in [-0.39, 0.29) is 43.5 Å². The van der Waals surface area contributed by atoms with Crippen LogP contribution < -0.4 is 0 Å². The minimum absolute atomic E-state index is 0. The van der Waals surface area contributed by atoms with E-state index in [2.05, 4.69) is 12.6 Å². The number of rotatable bonds is 1. The van der Waals surface area contributed by atoms with Crippen molar-refractivity contribution >= 4 is 56.3 Å². The Bertz CT molecular complexity index is 49.0. The van der Waals surface area contributed by atoms with Crippen LogP contribution in [0.5, 0.6) is 0 Å². The molecule has 1 N–H and O–H groups in total. The number of thiol groups is 1. The van der Waals surface area contributed by atoms with Crippen molar-refractivity contribution in [3.63, 3.8) is 0 Å². The van der Waals surface area contributed by atoms with Gasteiger partial charge in [-0.05, 0) is 0 Å². The molecule has 0 aromatic rings. The van der Waals surface area contributed by atoms with Crippen LogP contribution in [0.3, 0.4) is 0 Å². The van der Waals surface area contributed by atoms with Crippen LogP contribution >= 0.6 is 12.6 Å². The van der Waals surface area contributed by atoms with Gasteiger partial charge in [-0.15, -0.1) is 0 Å². The smallest absolute Gasteiger partial charge is 0.313 e. The number of aliphatic carboxylic acids is 1. The van der Waals surface area contributed by atoms with E-state index in [9.17, 15) is 4.79 Å². The van der Waals surface area contributed by atoms with Crippen molar-refractivity contribution < 1.29 is 9.90 Å². The molecule has 5 heteroatoms. The molecule has 0 aliphatic carbocycles. The molecule has 0 aliphatic rings. The summed E-state index contributed by atoms with van der Waals surface area (Å²) in [7, 11) is 0. The second-order valence-electron chi connectivity index (χ2n) is 0.552. The number of hydrogen-bond donors (Lipinski definition) is 2. The summed E-state index contributed by atoms with van der Waals surface area (Å²) in [6.45, 7) is 0. The predicted octanol–water partition coefficient (Wildman–Crippen LogP) is -0.761. The Morgan fingerprint density at radius 1 is 1.57 bits per heavy atom. The largest absolute Gasteiger partial charge is 0.481 e. The van der Waals surface area contributed by atoms with Crippen LogP contribution in [0, 0.1) is 0 Å². The number of carbonyl (C=O) groups is 1. The standard InChI is InChI=1S/C2H4O2S.2Li/c3-2(4)1-5;;/h5H,1H2,(H,3,4);;. The van der Waals surface area contributed by atoms with E-state index in [1.807, 2.05) is 0 Å². The molecule has 0 aromatic heterocycles. The Kier molecular flexibility index (Phi) is 22.6. The molecular formula is C2H4Li2O2S. The van der Waals surface area contributed by atoms with Crippen LogP contribution in [0.1, 0.15) is 0 Å². The topological polar surface area (TPSA) is 37.3 Å². The van der Waals surface area contributed by atoms with E-state index in [1.165, 1.54) is 0 Å². The van der Waals surface area contributed by atoms with Crippen LogP contribution in [-0.2, 0) is 4.79 Å². The summed E-state index contributed by atoms with van der Waals surface area (Å²) in [6.07, 6.45) is 0. The first-order valence-corrected chi connectivity index (χ1v) is 1.73. The molecule has 0 heterocycles. The maximum atomic E-state index is 9.29. The van der Waals surface area contributed by atoms with Crippen LogP contribution in [0.4, 0.5) is 0 Å². The zero-order chi connectivity index (χ0) is 4.28. The van der Waals surface area contributed by atoms with Gasteiger partial charge in [0.25, 0.3) is 0 Å². The third-order valence-electron chi connectivity index (χ3n) is 0.135. The molecule has 0 fully saturated rings. The van der Waals surface area contributed by atoms with Gasteiger partial charge in [-0.2, -0.15) is 12.6 Å². The summed E-state index contributed by atoms with van der Waals surface area (Å²) in [6, 6.07) is 0. The van der Waals surface area contributed by atoms with Crippen molar-refractivity contribution in [1.29, 1.82) is 0 Å². The van der Waals surface area contributed by atoms with Gasteiger partial charge >= 0.3 is 5.97 Å². The van der Waals surface area contributed by atoms with Crippen molar-refractivity contribution in [1.82, 2.24) is 0 Å².